The van der Waals surface area contributed by atoms with E-state index in [1.807, 2.05) is 0 Å². The Balaban J connectivity index is 2.35. The van der Waals surface area contributed by atoms with Gasteiger partial charge in [0.2, 0.25) is 5.91 Å². The molecule has 0 bridgehead atoms. The van der Waals surface area contributed by atoms with E-state index in [1.54, 1.807) is 24.8 Å². The molecule has 1 aliphatic rings. The molecular formula is C21H27NO6S. The normalized spacial score (nSPS) is 14.7. The smallest absolute Gasteiger partial charge is 0.341 e. The van der Waals surface area contributed by atoms with Crippen molar-refractivity contribution in [1.29, 1.82) is 0 Å². The van der Waals surface area contributed by atoms with Crippen molar-refractivity contribution < 1.29 is 26.9 Å². The standard InChI is InChI=1S/C21H27NO6S/c1-4-6-14-27-18-8-9-20(29(25,26)28-21(24)7-5-2)19(15-18)17-10-12-22(13-11-17)16(3)23/h8-9,15,17H,5,7,10-14H2,1-3H3. The number of amides is 1. The van der Waals surface area contributed by atoms with Crippen LogP contribution in [0.4, 0.5) is 0 Å². The van der Waals surface area contributed by atoms with Crippen LogP contribution < -0.4 is 4.74 Å². The van der Waals surface area contributed by atoms with Crippen LogP contribution in [0.1, 0.15) is 57.9 Å². The molecule has 7 nitrogen and oxygen atoms in total. The van der Waals surface area contributed by atoms with Gasteiger partial charge < -0.3 is 13.8 Å². The van der Waals surface area contributed by atoms with Crippen LogP contribution in [0.25, 0.3) is 0 Å². The summed E-state index contributed by atoms with van der Waals surface area (Å²) in [5.74, 6) is 5.15. The van der Waals surface area contributed by atoms with Crippen molar-refractivity contribution in [1.82, 2.24) is 4.90 Å². The van der Waals surface area contributed by atoms with Crippen molar-refractivity contribution in [2.75, 3.05) is 19.7 Å². The minimum Gasteiger partial charge on any atom is -0.481 e. The van der Waals surface area contributed by atoms with Crippen LogP contribution in [0.5, 0.6) is 5.75 Å². The van der Waals surface area contributed by atoms with Crippen LogP contribution in [-0.4, -0.2) is 44.9 Å². The molecule has 0 atom stereocenters. The zero-order chi connectivity index (χ0) is 21.4. The van der Waals surface area contributed by atoms with Crippen molar-refractivity contribution in [3.05, 3.63) is 23.8 Å². The Bertz CT molecular complexity index is 905. The molecule has 1 aliphatic heterocycles. The molecule has 0 saturated carbocycles. The number of piperidine rings is 1. The Morgan fingerprint density at radius 1 is 1.24 bits per heavy atom. The minimum absolute atomic E-state index is 0.0000136. The molecule has 29 heavy (non-hydrogen) atoms. The van der Waals surface area contributed by atoms with Crippen LogP contribution in [-0.2, 0) is 23.9 Å². The van der Waals surface area contributed by atoms with E-state index in [0.717, 1.165) is 0 Å². The average Bonchev–Trinajstić information content (AvgIpc) is 2.68. The number of carbonyl (C=O) groups excluding carboxylic acids is 2. The molecule has 1 fully saturated rings. The lowest BCUT2D eigenvalue weighted by molar-refractivity contribution is -0.134. The van der Waals surface area contributed by atoms with Crippen LogP contribution in [0.15, 0.2) is 23.1 Å². The van der Waals surface area contributed by atoms with E-state index in [4.69, 9.17) is 8.92 Å². The van der Waals surface area contributed by atoms with Gasteiger partial charge in [-0.05, 0) is 55.9 Å². The van der Waals surface area contributed by atoms with E-state index in [1.165, 1.54) is 19.1 Å². The van der Waals surface area contributed by atoms with E-state index >= 15 is 0 Å². The van der Waals surface area contributed by atoms with Gasteiger partial charge in [-0.25, -0.2) is 0 Å². The summed E-state index contributed by atoms with van der Waals surface area (Å²) >= 11 is 0. The SMILES string of the molecule is CC#CCOc1ccc(S(=O)(=O)OC(=O)CCC)c(C2CCN(C(C)=O)CC2)c1. The molecule has 1 aromatic carbocycles. The first kappa shape index (κ1) is 22.8. The molecule has 8 heteroatoms. The predicted molar refractivity (Wildman–Crippen MR) is 108 cm³/mol. The van der Waals surface area contributed by atoms with Gasteiger partial charge in [0.05, 0.1) is 0 Å². The highest BCUT2D eigenvalue weighted by Gasteiger charge is 2.30. The number of benzene rings is 1. The summed E-state index contributed by atoms with van der Waals surface area (Å²) in [4.78, 5) is 25.1. The fraction of sp³-hybridized carbons (Fsp3) is 0.524. The number of ether oxygens (including phenoxy) is 1. The number of rotatable bonds is 7. The van der Waals surface area contributed by atoms with E-state index in [0.29, 0.717) is 43.7 Å². The lowest BCUT2D eigenvalue weighted by Gasteiger charge is -2.32. The second-order valence-electron chi connectivity index (χ2n) is 6.85. The highest BCUT2D eigenvalue weighted by Crippen LogP contribution is 2.35. The number of likely N-dealkylation sites (tertiary alicyclic amines) is 1. The third-order valence-electron chi connectivity index (χ3n) is 4.78. The van der Waals surface area contributed by atoms with Crippen molar-refractivity contribution in [2.24, 2.45) is 0 Å². The van der Waals surface area contributed by atoms with Gasteiger partial charge in [-0.15, -0.1) is 5.92 Å². The monoisotopic (exact) mass is 421 g/mol. The van der Waals surface area contributed by atoms with Crippen molar-refractivity contribution >= 4 is 22.0 Å². The number of nitrogens with zero attached hydrogens (tertiary/aromatic N) is 1. The minimum atomic E-state index is -4.25. The summed E-state index contributed by atoms with van der Waals surface area (Å²) in [5, 5.41) is 0. The molecular weight excluding hydrogens is 394 g/mol. The molecule has 0 aromatic heterocycles. The Kier molecular flexibility index (Phi) is 8.09. The maximum absolute atomic E-state index is 12.8. The fourth-order valence-corrected chi connectivity index (χ4v) is 4.44. The Hall–Kier alpha value is -2.53. The quantitative estimate of drug-likeness (QED) is 0.497. The van der Waals surface area contributed by atoms with Gasteiger partial charge in [0.15, 0.2) is 0 Å². The average molecular weight is 422 g/mol. The molecule has 0 aliphatic carbocycles. The predicted octanol–water partition coefficient (Wildman–Crippen LogP) is 2.85. The highest BCUT2D eigenvalue weighted by atomic mass is 32.2. The van der Waals surface area contributed by atoms with Gasteiger partial charge in [-0.3, -0.25) is 9.59 Å². The summed E-state index contributed by atoms with van der Waals surface area (Å²) < 4.78 is 35.9. The third kappa shape index (κ3) is 6.23. The molecule has 0 unspecified atom stereocenters. The Labute approximate surface area is 172 Å². The number of hydrogen-bond donors (Lipinski definition) is 0. The van der Waals surface area contributed by atoms with Crippen LogP contribution in [0.3, 0.4) is 0 Å². The molecule has 0 radical (unpaired) electrons. The molecule has 1 aromatic rings. The molecule has 1 amide bonds. The highest BCUT2D eigenvalue weighted by molar-refractivity contribution is 7.87. The van der Waals surface area contributed by atoms with Gasteiger partial charge >= 0.3 is 16.1 Å². The van der Waals surface area contributed by atoms with Crippen LogP contribution >= 0.6 is 0 Å². The zero-order valence-electron chi connectivity index (χ0n) is 17.1. The lowest BCUT2D eigenvalue weighted by Crippen LogP contribution is -2.36. The first-order valence-electron chi connectivity index (χ1n) is 9.67. The summed E-state index contributed by atoms with van der Waals surface area (Å²) in [7, 11) is -4.25. The maximum atomic E-state index is 12.8. The maximum Gasteiger partial charge on any atom is 0.341 e. The van der Waals surface area contributed by atoms with Gasteiger partial charge in [-0.1, -0.05) is 12.8 Å². The fourth-order valence-electron chi connectivity index (χ4n) is 3.27. The van der Waals surface area contributed by atoms with Crippen molar-refractivity contribution in [2.45, 2.75) is 57.3 Å². The first-order valence-corrected chi connectivity index (χ1v) is 11.1. The largest absolute Gasteiger partial charge is 0.481 e. The number of hydrogen-bond acceptors (Lipinski definition) is 6. The molecule has 1 saturated heterocycles. The Morgan fingerprint density at radius 2 is 1.93 bits per heavy atom. The van der Waals surface area contributed by atoms with Gasteiger partial charge in [0.1, 0.15) is 17.3 Å². The van der Waals surface area contributed by atoms with Crippen molar-refractivity contribution in [3.63, 3.8) is 0 Å². The summed E-state index contributed by atoms with van der Waals surface area (Å²) in [6.07, 6.45) is 1.75. The molecule has 158 valence electrons. The summed E-state index contributed by atoms with van der Waals surface area (Å²) in [6.45, 7) is 6.28. The van der Waals surface area contributed by atoms with E-state index in [2.05, 4.69) is 11.8 Å². The molecule has 0 spiro atoms. The Morgan fingerprint density at radius 3 is 2.52 bits per heavy atom. The lowest BCUT2D eigenvalue weighted by atomic mass is 9.89. The molecule has 1 heterocycles. The van der Waals surface area contributed by atoms with E-state index in [-0.39, 0.29) is 29.7 Å². The van der Waals surface area contributed by atoms with Gasteiger partial charge in [0.25, 0.3) is 0 Å². The van der Waals surface area contributed by atoms with Crippen LogP contribution in [0, 0.1) is 11.8 Å². The zero-order valence-corrected chi connectivity index (χ0v) is 17.9. The van der Waals surface area contributed by atoms with Gasteiger partial charge in [0, 0.05) is 26.4 Å². The second kappa shape index (κ2) is 10.3. The molecule has 0 N–H and O–H groups in total. The first-order chi connectivity index (χ1) is 13.8. The molecule has 2 rings (SSSR count). The third-order valence-corrected chi connectivity index (χ3v) is 6.09. The summed E-state index contributed by atoms with van der Waals surface area (Å²) in [5.41, 5.74) is 0.541. The van der Waals surface area contributed by atoms with E-state index in [9.17, 15) is 18.0 Å². The van der Waals surface area contributed by atoms with Crippen LogP contribution in [0.2, 0.25) is 0 Å². The number of carbonyl (C=O) groups is 2. The topological polar surface area (TPSA) is 90.0 Å². The van der Waals surface area contributed by atoms with E-state index < -0.39 is 16.1 Å². The summed E-state index contributed by atoms with van der Waals surface area (Å²) in [6, 6.07) is 4.62. The van der Waals surface area contributed by atoms with Crippen molar-refractivity contribution in [3.8, 4) is 17.6 Å². The second-order valence-corrected chi connectivity index (χ2v) is 8.37. The van der Waals surface area contributed by atoms with Gasteiger partial charge in [-0.2, -0.15) is 8.42 Å².